The van der Waals surface area contributed by atoms with E-state index >= 15 is 0 Å². The van der Waals surface area contributed by atoms with Crippen LogP contribution in [0, 0.1) is 0 Å². The van der Waals surface area contributed by atoms with E-state index in [1.54, 1.807) is 0 Å². The molecule has 0 aliphatic rings. The number of benzene rings is 1. The molecular formula is C16H20F6N4O2S. The first-order valence-corrected chi connectivity index (χ1v) is 9.96. The summed E-state index contributed by atoms with van der Waals surface area (Å²) >= 11 is 0. The standard InChI is InChI=1S/C14H19N3.C2HF6NO2S/c1-2-3-4-8-11-17-12-14(15-16-17)13-9-6-5-7-10-13;3-1(4,5)9-12(10,11)2(6,7)8/h5-7,9-10,12H,2-4,8,11H2,1H3;9H. The van der Waals surface area contributed by atoms with Gasteiger partial charge in [0.05, 0.1) is 6.20 Å². The smallest absolute Gasteiger partial charge is 0.252 e. The van der Waals surface area contributed by atoms with Crippen LogP contribution in [0.2, 0.25) is 0 Å². The maximum absolute atomic E-state index is 11.2. The van der Waals surface area contributed by atoms with Crippen LogP contribution in [0.1, 0.15) is 32.6 Å². The van der Waals surface area contributed by atoms with Crippen molar-refractivity contribution in [2.24, 2.45) is 0 Å². The number of hydrogen-bond acceptors (Lipinski definition) is 4. The molecule has 0 saturated heterocycles. The van der Waals surface area contributed by atoms with Gasteiger partial charge in [-0.3, -0.25) is 4.68 Å². The van der Waals surface area contributed by atoms with Crippen molar-refractivity contribution in [3.05, 3.63) is 36.5 Å². The third-order valence-electron chi connectivity index (χ3n) is 3.40. The van der Waals surface area contributed by atoms with Crippen molar-refractivity contribution in [2.75, 3.05) is 0 Å². The minimum Gasteiger partial charge on any atom is -0.252 e. The number of halogens is 6. The van der Waals surface area contributed by atoms with Gasteiger partial charge in [0.15, 0.2) is 0 Å². The first kappa shape index (κ1) is 24.9. The fraction of sp³-hybridized carbons (Fsp3) is 0.500. The van der Waals surface area contributed by atoms with E-state index in [1.165, 1.54) is 25.7 Å². The molecule has 0 fully saturated rings. The Balaban J connectivity index is 0.000000311. The van der Waals surface area contributed by atoms with E-state index in [0.717, 1.165) is 17.8 Å². The van der Waals surface area contributed by atoms with Crippen LogP contribution in [0.4, 0.5) is 26.3 Å². The van der Waals surface area contributed by atoms with Gasteiger partial charge in [-0.15, -0.1) is 9.82 Å². The van der Waals surface area contributed by atoms with Crippen molar-refractivity contribution in [1.82, 2.24) is 19.7 Å². The van der Waals surface area contributed by atoms with Crippen molar-refractivity contribution >= 4 is 10.0 Å². The van der Waals surface area contributed by atoms with Crippen LogP contribution in [0.3, 0.4) is 0 Å². The Morgan fingerprint density at radius 2 is 1.62 bits per heavy atom. The molecule has 29 heavy (non-hydrogen) atoms. The predicted molar refractivity (Wildman–Crippen MR) is 93.8 cm³/mol. The average molecular weight is 446 g/mol. The molecule has 0 atom stereocenters. The Labute approximate surface area is 164 Å². The van der Waals surface area contributed by atoms with Gasteiger partial charge in [-0.25, -0.2) is 8.42 Å². The number of sulfonamides is 1. The van der Waals surface area contributed by atoms with E-state index in [9.17, 15) is 34.8 Å². The summed E-state index contributed by atoms with van der Waals surface area (Å²) in [7, 11) is -6.33. The number of nitrogens with one attached hydrogen (secondary N) is 1. The van der Waals surface area contributed by atoms with E-state index in [-0.39, 0.29) is 0 Å². The lowest BCUT2D eigenvalue weighted by molar-refractivity contribution is -0.143. The summed E-state index contributed by atoms with van der Waals surface area (Å²) in [4.78, 5) is 0. The minimum absolute atomic E-state index is 0.517. The molecule has 0 unspecified atom stereocenters. The van der Waals surface area contributed by atoms with E-state index in [1.807, 2.05) is 29.1 Å². The van der Waals surface area contributed by atoms with E-state index in [2.05, 4.69) is 29.4 Å². The highest BCUT2D eigenvalue weighted by Gasteiger charge is 2.51. The molecule has 1 heterocycles. The molecule has 0 bridgehead atoms. The maximum atomic E-state index is 11.2. The second-order valence-electron chi connectivity index (χ2n) is 5.84. The fourth-order valence-electron chi connectivity index (χ4n) is 2.06. The van der Waals surface area contributed by atoms with Gasteiger partial charge in [-0.2, -0.15) is 26.3 Å². The van der Waals surface area contributed by atoms with Gasteiger partial charge in [0.2, 0.25) is 0 Å². The number of nitrogens with zero attached hydrogens (tertiary/aromatic N) is 3. The molecule has 164 valence electrons. The summed E-state index contributed by atoms with van der Waals surface area (Å²) in [6.07, 6.45) is 1.45. The van der Waals surface area contributed by atoms with Gasteiger partial charge < -0.3 is 0 Å². The lowest BCUT2D eigenvalue weighted by atomic mass is 10.2. The molecule has 13 heteroatoms. The second kappa shape index (κ2) is 10.6. The Morgan fingerprint density at radius 3 is 2.10 bits per heavy atom. The van der Waals surface area contributed by atoms with E-state index < -0.39 is 26.6 Å². The number of aryl methyl sites for hydroxylation is 1. The van der Waals surface area contributed by atoms with Crippen LogP contribution in [-0.2, 0) is 16.6 Å². The first-order chi connectivity index (χ1) is 13.4. The number of alkyl halides is 6. The molecule has 2 rings (SSSR count). The molecule has 0 aliphatic heterocycles. The highest BCUT2D eigenvalue weighted by atomic mass is 32.2. The number of hydrogen-bond donors (Lipinski definition) is 1. The van der Waals surface area contributed by atoms with Crippen LogP contribution >= 0.6 is 0 Å². The van der Waals surface area contributed by atoms with Crippen LogP contribution in [0.15, 0.2) is 36.5 Å². The zero-order chi connectivity index (χ0) is 22.1. The van der Waals surface area contributed by atoms with Crippen molar-refractivity contribution in [2.45, 2.75) is 51.0 Å². The highest BCUT2D eigenvalue weighted by molar-refractivity contribution is 7.90. The molecule has 1 aromatic heterocycles. The van der Waals surface area contributed by atoms with Crippen LogP contribution in [-0.4, -0.2) is 35.2 Å². The second-order valence-corrected chi connectivity index (χ2v) is 7.52. The summed E-state index contributed by atoms with van der Waals surface area (Å²) in [6, 6.07) is 10.2. The largest absolute Gasteiger partial charge is 0.511 e. The SMILES string of the molecule is CCCCCCn1cc(-c2ccccc2)nn1.O=S(=O)(NC(F)(F)F)C(F)(F)F. The van der Waals surface area contributed by atoms with Crippen LogP contribution < -0.4 is 4.72 Å². The zero-order valence-electron chi connectivity index (χ0n) is 15.3. The van der Waals surface area contributed by atoms with Crippen LogP contribution in [0.5, 0.6) is 0 Å². The molecule has 0 aliphatic carbocycles. The third kappa shape index (κ3) is 9.26. The first-order valence-electron chi connectivity index (χ1n) is 8.48. The molecular weight excluding hydrogens is 426 g/mol. The molecule has 0 spiro atoms. The van der Waals surface area contributed by atoms with Crippen molar-refractivity contribution in [3.8, 4) is 11.3 Å². The van der Waals surface area contributed by atoms with Gasteiger partial charge in [-0.05, 0) is 6.42 Å². The van der Waals surface area contributed by atoms with E-state index in [0.29, 0.717) is 0 Å². The minimum atomic E-state index is -6.33. The van der Waals surface area contributed by atoms with Crippen molar-refractivity contribution in [3.63, 3.8) is 0 Å². The summed E-state index contributed by atoms with van der Waals surface area (Å²) in [5.41, 5.74) is -3.86. The Kier molecular flexibility index (Phi) is 9.08. The molecule has 0 radical (unpaired) electrons. The summed E-state index contributed by atoms with van der Waals surface area (Å²) < 4.78 is 87.8. The zero-order valence-corrected chi connectivity index (χ0v) is 16.2. The third-order valence-corrected chi connectivity index (χ3v) is 4.51. The number of rotatable bonds is 7. The molecule has 0 amide bonds. The van der Waals surface area contributed by atoms with Crippen molar-refractivity contribution < 1.29 is 34.8 Å². The predicted octanol–water partition coefficient (Wildman–Crippen LogP) is 4.47. The van der Waals surface area contributed by atoms with Gasteiger partial charge in [0.25, 0.3) is 0 Å². The molecule has 1 aromatic carbocycles. The molecule has 2 aromatic rings. The summed E-state index contributed by atoms with van der Waals surface area (Å²) in [5, 5.41) is 8.36. The normalized spacial score (nSPS) is 12.4. The lowest BCUT2D eigenvalue weighted by Crippen LogP contribution is -2.44. The van der Waals surface area contributed by atoms with E-state index in [4.69, 9.17) is 0 Å². The Bertz CT molecular complexity index is 835. The highest BCUT2D eigenvalue weighted by Crippen LogP contribution is 2.25. The molecule has 0 saturated carbocycles. The summed E-state index contributed by atoms with van der Waals surface area (Å²) in [5.74, 6) is 0. The van der Waals surface area contributed by atoms with Crippen molar-refractivity contribution in [1.29, 1.82) is 0 Å². The quantitative estimate of drug-likeness (QED) is 0.387. The van der Waals surface area contributed by atoms with Crippen LogP contribution in [0.25, 0.3) is 11.3 Å². The van der Waals surface area contributed by atoms with Gasteiger partial charge in [0, 0.05) is 12.1 Å². The monoisotopic (exact) mass is 446 g/mol. The molecule has 6 nitrogen and oxygen atoms in total. The van der Waals surface area contributed by atoms with Gasteiger partial charge >= 0.3 is 21.8 Å². The fourth-order valence-corrected chi connectivity index (χ4v) is 2.48. The number of unbranched alkanes of at least 4 members (excludes halogenated alkanes) is 3. The maximum Gasteiger partial charge on any atom is 0.511 e. The van der Waals surface area contributed by atoms with Gasteiger partial charge in [-0.1, -0.05) is 61.7 Å². The van der Waals surface area contributed by atoms with Gasteiger partial charge in [0.1, 0.15) is 5.69 Å². The topological polar surface area (TPSA) is 76.9 Å². The average Bonchev–Trinajstić information content (AvgIpc) is 3.06. The Morgan fingerprint density at radius 1 is 1.00 bits per heavy atom. The molecule has 1 N–H and O–H groups in total. The summed E-state index contributed by atoms with van der Waals surface area (Å²) in [6.45, 7) is 3.20. The lowest BCUT2D eigenvalue weighted by Gasteiger charge is -2.10. The Hall–Kier alpha value is -2.15. The number of aromatic nitrogens is 3.